The van der Waals surface area contributed by atoms with Gasteiger partial charge in [-0.3, -0.25) is 4.79 Å². The molecule has 1 aromatic heterocycles. The Morgan fingerprint density at radius 3 is 2.93 bits per heavy atom. The molecule has 0 bridgehead atoms. The summed E-state index contributed by atoms with van der Waals surface area (Å²) < 4.78 is 1.07. The van der Waals surface area contributed by atoms with Gasteiger partial charge in [-0.05, 0) is 47.5 Å². The molecule has 0 spiro atoms. The SMILES string of the molecule is CC[C@@H](C)NC(=O)/C=C/c1ccc(Br)s1. The van der Waals surface area contributed by atoms with Crippen LogP contribution in [0.4, 0.5) is 0 Å². The molecule has 0 saturated heterocycles. The van der Waals surface area contributed by atoms with E-state index >= 15 is 0 Å². The minimum Gasteiger partial charge on any atom is -0.350 e. The summed E-state index contributed by atoms with van der Waals surface area (Å²) >= 11 is 4.98. The molecule has 0 aromatic carbocycles. The fourth-order valence-corrected chi connectivity index (χ4v) is 2.30. The number of carbonyl (C=O) groups excluding carboxylic acids is 1. The van der Waals surface area contributed by atoms with Crippen LogP contribution >= 0.6 is 27.3 Å². The third kappa shape index (κ3) is 4.62. The van der Waals surface area contributed by atoms with Gasteiger partial charge in [0.25, 0.3) is 0 Å². The molecule has 0 unspecified atom stereocenters. The monoisotopic (exact) mass is 287 g/mol. The van der Waals surface area contributed by atoms with Crippen LogP contribution in [0.3, 0.4) is 0 Å². The van der Waals surface area contributed by atoms with Crippen LogP contribution in [0.1, 0.15) is 25.1 Å². The number of halogens is 1. The van der Waals surface area contributed by atoms with Gasteiger partial charge < -0.3 is 5.32 Å². The summed E-state index contributed by atoms with van der Waals surface area (Å²) in [6, 6.07) is 4.18. The maximum absolute atomic E-state index is 11.4. The van der Waals surface area contributed by atoms with E-state index in [4.69, 9.17) is 0 Å². The van der Waals surface area contributed by atoms with Crippen molar-refractivity contribution >= 4 is 39.2 Å². The van der Waals surface area contributed by atoms with Crippen molar-refractivity contribution in [2.24, 2.45) is 0 Å². The number of hydrogen-bond acceptors (Lipinski definition) is 2. The highest BCUT2D eigenvalue weighted by atomic mass is 79.9. The zero-order valence-corrected chi connectivity index (χ0v) is 11.2. The van der Waals surface area contributed by atoms with Crippen LogP contribution < -0.4 is 5.32 Å². The quantitative estimate of drug-likeness (QED) is 0.845. The first-order chi connectivity index (χ1) is 7.11. The third-order valence-electron chi connectivity index (χ3n) is 1.99. The molecule has 2 nitrogen and oxygen atoms in total. The number of amides is 1. The van der Waals surface area contributed by atoms with Crippen molar-refractivity contribution in [1.29, 1.82) is 0 Å². The minimum atomic E-state index is -0.0335. The van der Waals surface area contributed by atoms with Crippen LogP contribution in [0.5, 0.6) is 0 Å². The van der Waals surface area contributed by atoms with Gasteiger partial charge >= 0.3 is 0 Å². The Labute approximate surface area is 103 Å². The van der Waals surface area contributed by atoms with E-state index < -0.39 is 0 Å². The Morgan fingerprint density at radius 1 is 1.67 bits per heavy atom. The Bertz CT molecular complexity index is 359. The summed E-state index contributed by atoms with van der Waals surface area (Å²) in [4.78, 5) is 12.5. The second kappa shape index (κ2) is 6.08. The van der Waals surface area contributed by atoms with Gasteiger partial charge in [-0.1, -0.05) is 6.92 Å². The normalized spacial score (nSPS) is 13.0. The minimum absolute atomic E-state index is 0.0335. The smallest absolute Gasteiger partial charge is 0.244 e. The standard InChI is InChI=1S/C11H14BrNOS/c1-3-8(2)13-11(14)7-5-9-4-6-10(12)15-9/h4-8H,3H2,1-2H3,(H,13,14)/b7-5+/t8-/m1/s1. The molecular weight excluding hydrogens is 274 g/mol. The number of hydrogen-bond donors (Lipinski definition) is 1. The number of thiophene rings is 1. The van der Waals surface area contributed by atoms with Crippen molar-refractivity contribution in [3.8, 4) is 0 Å². The van der Waals surface area contributed by atoms with E-state index in [1.165, 1.54) is 0 Å². The lowest BCUT2D eigenvalue weighted by atomic mass is 10.2. The summed E-state index contributed by atoms with van der Waals surface area (Å²) in [5, 5.41) is 2.87. The van der Waals surface area contributed by atoms with Gasteiger partial charge in [0, 0.05) is 17.0 Å². The molecule has 0 aliphatic carbocycles. The first-order valence-corrected chi connectivity index (χ1v) is 6.46. The highest BCUT2D eigenvalue weighted by molar-refractivity contribution is 9.11. The van der Waals surface area contributed by atoms with Crippen molar-refractivity contribution < 1.29 is 4.79 Å². The Hall–Kier alpha value is -0.610. The van der Waals surface area contributed by atoms with E-state index in [1.807, 2.05) is 32.1 Å². The van der Waals surface area contributed by atoms with Crippen molar-refractivity contribution in [2.45, 2.75) is 26.3 Å². The van der Waals surface area contributed by atoms with E-state index in [1.54, 1.807) is 17.4 Å². The summed E-state index contributed by atoms with van der Waals surface area (Å²) in [6.07, 6.45) is 4.35. The predicted molar refractivity (Wildman–Crippen MR) is 68.9 cm³/mol. The lowest BCUT2D eigenvalue weighted by molar-refractivity contribution is -0.117. The zero-order chi connectivity index (χ0) is 11.3. The fraction of sp³-hybridized carbons (Fsp3) is 0.364. The van der Waals surface area contributed by atoms with Gasteiger partial charge in [-0.2, -0.15) is 0 Å². The summed E-state index contributed by atoms with van der Waals surface area (Å²) in [5.41, 5.74) is 0. The molecular formula is C11H14BrNOS. The number of nitrogens with one attached hydrogen (secondary N) is 1. The van der Waals surface area contributed by atoms with Gasteiger partial charge in [0.2, 0.25) is 5.91 Å². The first kappa shape index (κ1) is 12.5. The zero-order valence-electron chi connectivity index (χ0n) is 8.79. The second-order valence-electron chi connectivity index (χ2n) is 3.29. The molecule has 4 heteroatoms. The molecule has 0 aliphatic rings. The average Bonchev–Trinajstić information content (AvgIpc) is 2.61. The van der Waals surface area contributed by atoms with Crippen molar-refractivity contribution in [2.75, 3.05) is 0 Å². The molecule has 1 heterocycles. The highest BCUT2D eigenvalue weighted by Crippen LogP contribution is 2.22. The molecule has 1 N–H and O–H groups in total. The topological polar surface area (TPSA) is 29.1 Å². The average molecular weight is 288 g/mol. The van der Waals surface area contributed by atoms with E-state index in [-0.39, 0.29) is 11.9 Å². The summed E-state index contributed by atoms with van der Waals surface area (Å²) in [7, 11) is 0. The largest absolute Gasteiger partial charge is 0.350 e. The molecule has 82 valence electrons. The van der Waals surface area contributed by atoms with Gasteiger partial charge in [-0.15, -0.1) is 11.3 Å². The van der Waals surface area contributed by atoms with Gasteiger partial charge in [0.05, 0.1) is 3.79 Å². The maximum atomic E-state index is 11.4. The predicted octanol–water partition coefficient (Wildman–Crippen LogP) is 3.44. The first-order valence-electron chi connectivity index (χ1n) is 4.85. The fourth-order valence-electron chi connectivity index (χ4n) is 0.969. The van der Waals surface area contributed by atoms with E-state index in [0.29, 0.717) is 0 Å². The molecule has 0 aliphatic heterocycles. The second-order valence-corrected chi connectivity index (χ2v) is 5.79. The van der Waals surface area contributed by atoms with Crippen molar-refractivity contribution in [3.05, 3.63) is 26.9 Å². The van der Waals surface area contributed by atoms with E-state index in [0.717, 1.165) is 15.1 Å². The van der Waals surface area contributed by atoms with Crippen LogP contribution in [0.2, 0.25) is 0 Å². The number of carbonyl (C=O) groups is 1. The Morgan fingerprint density at radius 2 is 2.40 bits per heavy atom. The summed E-state index contributed by atoms with van der Waals surface area (Å²) in [6.45, 7) is 4.04. The molecule has 1 amide bonds. The molecule has 15 heavy (non-hydrogen) atoms. The van der Waals surface area contributed by atoms with Gasteiger partial charge in [0.15, 0.2) is 0 Å². The van der Waals surface area contributed by atoms with Crippen LogP contribution in [-0.2, 0) is 4.79 Å². The molecule has 0 saturated carbocycles. The van der Waals surface area contributed by atoms with Crippen LogP contribution in [0.25, 0.3) is 6.08 Å². The van der Waals surface area contributed by atoms with Crippen molar-refractivity contribution in [1.82, 2.24) is 5.32 Å². The van der Waals surface area contributed by atoms with Crippen LogP contribution in [-0.4, -0.2) is 11.9 Å². The van der Waals surface area contributed by atoms with Crippen LogP contribution in [0, 0.1) is 0 Å². The lowest BCUT2D eigenvalue weighted by Gasteiger charge is -2.08. The van der Waals surface area contributed by atoms with Crippen molar-refractivity contribution in [3.63, 3.8) is 0 Å². The highest BCUT2D eigenvalue weighted by Gasteiger charge is 2.01. The van der Waals surface area contributed by atoms with Gasteiger partial charge in [0.1, 0.15) is 0 Å². The maximum Gasteiger partial charge on any atom is 0.244 e. The molecule has 0 radical (unpaired) electrons. The molecule has 1 atom stereocenters. The van der Waals surface area contributed by atoms with Crippen LogP contribution in [0.15, 0.2) is 22.0 Å². The Kier molecular flexibility index (Phi) is 5.05. The van der Waals surface area contributed by atoms with E-state index in [2.05, 4.69) is 21.2 Å². The van der Waals surface area contributed by atoms with E-state index in [9.17, 15) is 4.79 Å². The molecule has 1 rings (SSSR count). The van der Waals surface area contributed by atoms with Gasteiger partial charge in [-0.25, -0.2) is 0 Å². The summed E-state index contributed by atoms with van der Waals surface area (Å²) in [5.74, 6) is -0.0335. The lowest BCUT2D eigenvalue weighted by Crippen LogP contribution is -2.30. The molecule has 1 aromatic rings. The number of rotatable bonds is 4. The molecule has 0 fully saturated rings. The Balaban J connectivity index is 2.47. The third-order valence-corrected chi connectivity index (χ3v) is 3.58.